The molecule has 1 heterocycles. The number of carbonyl (C=O) groups is 2. The third-order valence-corrected chi connectivity index (χ3v) is 6.08. The molecule has 0 aromatic rings. The number of aliphatic carboxylic acids is 2. The fourth-order valence-electron chi connectivity index (χ4n) is 4.19. The number of hydrogen-bond donors (Lipinski definition) is 3. The van der Waals surface area contributed by atoms with Crippen LogP contribution in [0, 0.1) is 0 Å². The van der Waals surface area contributed by atoms with Crippen molar-refractivity contribution in [2.75, 3.05) is 19.8 Å². The number of hydrogen-bond acceptors (Lipinski definition) is 4. The van der Waals surface area contributed by atoms with Gasteiger partial charge in [-0.15, -0.1) is 0 Å². The van der Waals surface area contributed by atoms with Crippen molar-refractivity contribution >= 4 is 11.9 Å². The summed E-state index contributed by atoms with van der Waals surface area (Å²) in [4.78, 5) is 24.9. The van der Waals surface area contributed by atoms with Gasteiger partial charge in [0.25, 0.3) is 0 Å². The molecule has 6 nitrogen and oxygen atoms in total. The summed E-state index contributed by atoms with van der Waals surface area (Å²) in [6, 6.07) is 0. The second kappa shape index (κ2) is 16.3. The van der Waals surface area contributed by atoms with Crippen molar-refractivity contribution in [3.8, 4) is 0 Å². The molecule has 1 saturated heterocycles. The van der Waals surface area contributed by atoms with Gasteiger partial charge >= 0.3 is 11.9 Å². The van der Waals surface area contributed by atoms with Crippen molar-refractivity contribution in [1.82, 2.24) is 10.2 Å². The van der Waals surface area contributed by atoms with Gasteiger partial charge in [-0.3, -0.25) is 9.69 Å². The molecule has 1 atom stereocenters. The lowest BCUT2D eigenvalue weighted by atomic mass is 9.92. The first-order valence-corrected chi connectivity index (χ1v) is 12.1. The normalized spacial score (nSPS) is 16.8. The predicted octanol–water partition coefficient (Wildman–Crippen LogP) is 5.18. The van der Waals surface area contributed by atoms with Crippen LogP contribution in [0.2, 0.25) is 0 Å². The minimum absolute atomic E-state index is 0.405. The van der Waals surface area contributed by atoms with Crippen molar-refractivity contribution in [1.29, 1.82) is 0 Å². The quantitative estimate of drug-likeness (QED) is 0.195. The average molecular weight is 425 g/mol. The molecular weight excluding hydrogens is 380 g/mol. The van der Waals surface area contributed by atoms with Gasteiger partial charge in [-0.1, -0.05) is 96.1 Å². The second-order valence-electron chi connectivity index (χ2n) is 8.66. The van der Waals surface area contributed by atoms with E-state index in [1.165, 1.54) is 70.6 Å². The zero-order valence-corrected chi connectivity index (χ0v) is 19.0. The fourth-order valence-corrected chi connectivity index (χ4v) is 4.19. The van der Waals surface area contributed by atoms with Gasteiger partial charge in [0.1, 0.15) is 5.54 Å². The second-order valence-corrected chi connectivity index (χ2v) is 8.66. The Balaban J connectivity index is 2.17. The van der Waals surface area contributed by atoms with Gasteiger partial charge in [-0.25, -0.2) is 4.79 Å². The molecule has 174 valence electrons. The summed E-state index contributed by atoms with van der Waals surface area (Å²) < 4.78 is 0. The van der Waals surface area contributed by atoms with Crippen LogP contribution in [0.15, 0.2) is 12.2 Å². The van der Waals surface area contributed by atoms with Crippen molar-refractivity contribution in [2.24, 2.45) is 0 Å². The molecule has 3 N–H and O–H groups in total. The standard InChI is InChI=1S/C24H44N2O4/c1-2-3-4-5-6-7-8-9-10-11-12-13-14-15-16-17-24(23(29)30,20-22(27)28)26-19-18-25-21-26/h16-17,25H,2-15,18-21H2,1H3,(H,27,28)(H,29,30). The van der Waals surface area contributed by atoms with E-state index in [1.807, 2.05) is 6.08 Å². The third-order valence-electron chi connectivity index (χ3n) is 6.08. The van der Waals surface area contributed by atoms with E-state index in [9.17, 15) is 19.8 Å². The summed E-state index contributed by atoms with van der Waals surface area (Å²) in [5, 5.41) is 22.1. The highest BCUT2D eigenvalue weighted by Crippen LogP contribution is 2.24. The van der Waals surface area contributed by atoms with E-state index in [1.54, 1.807) is 11.0 Å². The summed E-state index contributed by atoms with van der Waals surface area (Å²) in [6.45, 7) is 3.89. The van der Waals surface area contributed by atoms with Gasteiger partial charge in [0.05, 0.1) is 6.42 Å². The SMILES string of the molecule is CCCCCCCCCCCCCCCC=CC(CC(=O)O)(C(=O)O)N1CCNC1. The van der Waals surface area contributed by atoms with Crippen LogP contribution >= 0.6 is 0 Å². The van der Waals surface area contributed by atoms with E-state index in [-0.39, 0.29) is 0 Å². The van der Waals surface area contributed by atoms with Crippen LogP contribution in [0.5, 0.6) is 0 Å². The van der Waals surface area contributed by atoms with Crippen LogP contribution in [0.4, 0.5) is 0 Å². The highest BCUT2D eigenvalue weighted by Gasteiger charge is 2.45. The van der Waals surface area contributed by atoms with Gasteiger partial charge in [-0.2, -0.15) is 0 Å². The Morgan fingerprint density at radius 3 is 1.87 bits per heavy atom. The first-order valence-electron chi connectivity index (χ1n) is 12.1. The lowest BCUT2D eigenvalue weighted by molar-refractivity contribution is -0.154. The number of nitrogens with one attached hydrogen (secondary N) is 1. The third kappa shape index (κ3) is 10.6. The number of allylic oxidation sites excluding steroid dienone is 1. The molecule has 0 aromatic heterocycles. The smallest absolute Gasteiger partial charge is 0.328 e. The maximum absolute atomic E-state index is 11.9. The number of rotatable bonds is 19. The van der Waals surface area contributed by atoms with E-state index in [4.69, 9.17) is 0 Å². The lowest BCUT2D eigenvalue weighted by Gasteiger charge is -2.33. The molecule has 1 rings (SSSR count). The highest BCUT2D eigenvalue weighted by molar-refractivity contribution is 5.87. The molecule has 0 aromatic carbocycles. The zero-order chi connectivity index (χ0) is 22.1. The fraction of sp³-hybridized carbons (Fsp3) is 0.833. The summed E-state index contributed by atoms with van der Waals surface area (Å²) in [6.07, 6.45) is 20.8. The molecular formula is C24H44N2O4. The van der Waals surface area contributed by atoms with Gasteiger partial charge in [-0.05, 0) is 12.8 Å². The van der Waals surface area contributed by atoms with E-state index >= 15 is 0 Å². The Bertz CT molecular complexity index is 503. The summed E-state index contributed by atoms with van der Waals surface area (Å²) >= 11 is 0. The molecule has 0 amide bonds. The Hall–Kier alpha value is -1.40. The highest BCUT2D eigenvalue weighted by atomic mass is 16.4. The largest absolute Gasteiger partial charge is 0.481 e. The first kappa shape index (κ1) is 26.6. The number of unbranched alkanes of at least 4 members (excludes halogenated alkanes) is 13. The molecule has 1 aliphatic heterocycles. The molecule has 30 heavy (non-hydrogen) atoms. The Kier molecular flexibility index (Phi) is 14.5. The minimum Gasteiger partial charge on any atom is -0.481 e. The Morgan fingerprint density at radius 1 is 0.900 bits per heavy atom. The lowest BCUT2D eigenvalue weighted by Crippen LogP contribution is -2.54. The maximum Gasteiger partial charge on any atom is 0.328 e. The molecule has 0 bridgehead atoms. The van der Waals surface area contributed by atoms with Gasteiger partial charge in [0.15, 0.2) is 0 Å². The molecule has 1 aliphatic rings. The van der Waals surface area contributed by atoms with Crippen molar-refractivity contribution < 1.29 is 19.8 Å². The van der Waals surface area contributed by atoms with Crippen LogP contribution in [0.25, 0.3) is 0 Å². The number of carboxylic acids is 2. The molecule has 0 saturated carbocycles. The van der Waals surface area contributed by atoms with E-state index < -0.39 is 23.9 Å². The molecule has 6 heteroatoms. The molecule has 0 spiro atoms. The van der Waals surface area contributed by atoms with Crippen molar-refractivity contribution in [2.45, 2.75) is 109 Å². The summed E-state index contributed by atoms with van der Waals surface area (Å²) in [7, 11) is 0. The van der Waals surface area contributed by atoms with Gasteiger partial charge in [0, 0.05) is 19.8 Å². The minimum atomic E-state index is -1.45. The topological polar surface area (TPSA) is 89.9 Å². The Labute approximate surface area is 183 Å². The van der Waals surface area contributed by atoms with Crippen LogP contribution < -0.4 is 5.32 Å². The van der Waals surface area contributed by atoms with Crippen molar-refractivity contribution in [3.05, 3.63) is 12.2 Å². The summed E-state index contributed by atoms with van der Waals surface area (Å²) in [5.74, 6) is -2.18. The van der Waals surface area contributed by atoms with Crippen LogP contribution in [0.1, 0.15) is 103 Å². The van der Waals surface area contributed by atoms with Crippen molar-refractivity contribution in [3.63, 3.8) is 0 Å². The van der Waals surface area contributed by atoms with Crippen LogP contribution in [0.3, 0.4) is 0 Å². The molecule has 0 radical (unpaired) electrons. The average Bonchev–Trinajstić information content (AvgIpc) is 3.24. The number of carboxylic acid groups (broad SMARTS) is 2. The van der Waals surface area contributed by atoms with Gasteiger partial charge < -0.3 is 15.5 Å². The molecule has 1 unspecified atom stereocenters. The van der Waals surface area contributed by atoms with E-state index in [2.05, 4.69) is 12.2 Å². The van der Waals surface area contributed by atoms with Gasteiger partial charge in [0.2, 0.25) is 0 Å². The molecule has 1 fully saturated rings. The number of nitrogens with zero attached hydrogens (tertiary/aromatic N) is 1. The van der Waals surface area contributed by atoms with E-state index in [0.29, 0.717) is 19.8 Å². The molecule has 0 aliphatic carbocycles. The zero-order valence-electron chi connectivity index (χ0n) is 19.0. The first-order chi connectivity index (χ1) is 14.5. The summed E-state index contributed by atoms with van der Waals surface area (Å²) in [5.41, 5.74) is -1.45. The maximum atomic E-state index is 11.9. The van der Waals surface area contributed by atoms with E-state index in [0.717, 1.165) is 19.3 Å². The predicted molar refractivity (Wildman–Crippen MR) is 122 cm³/mol. The van der Waals surface area contributed by atoms with Crippen LogP contribution in [-0.2, 0) is 9.59 Å². The monoisotopic (exact) mass is 424 g/mol. The Morgan fingerprint density at radius 2 is 1.43 bits per heavy atom. The van der Waals surface area contributed by atoms with Crippen LogP contribution in [-0.4, -0.2) is 52.3 Å².